The third-order valence-electron chi connectivity index (χ3n) is 2.58. The molecular weight excluding hydrogens is 257 g/mol. The Morgan fingerprint density at radius 1 is 1.16 bits per heavy atom. The number of hydrogen-bond acceptors (Lipinski definition) is 2. The van der Waals surface area contributed by atoms with Gasteiger partial charge in [0.05, 0.1) is 11.1 Å². The van der Waals surface area contributed by atoms with Crippen LogP contribution in [0.15, 0.2) is 42.2 Å². The number of rotatable bonds is 3. The van der Waals surface area contributed by atoms with Gasteiger partial charge in [-0.05, 0) is 37.1 Å². The molecule has 0 amide bonds. The van der Waals surface area contributed by atoms with Gasteiger partial charge in [0.1, 0.15) is 5.76 Å². The van der Waals surface area contributed by atoms with Crippen molar-refractivity contribution in [2.75, 3.05) is 0 Å². The molecule has 0 bridgehead atoms. The van der Waals surface area contributed by atoms with Gasteiger partial charge in [0.15, 0.2) is 5.78 Å². The van der Waals surface area contributed by atoms with E-state index in [-0.39, 0.29) is 16.9 Å². The highest BCUT2D eigenvalue weighted by Crippen LogP contribution is 2.31. The molecule has 0 aliphatic carbocycles. The Morgan fingerprint density at radius 2 is 1.63 bits per heavy atom. The van der Waals surface area contributed by atoms with Crippen LogP contribution in [0.25, 0.3) is 5.57 Å². The first-order valence-corrected chi connectivity index (χ1v) is 5.42. The molecule has 0 unspecified atom stereocenters. The Morgan fingerprint density at radius 3 is 1.95 bits per heavy atom. The molecule has 0 radical (unpaired) electrons. The molecule has 0 heterocycles. The van der Waals surface area contributed by atoms with Gasteiger partial charge in [-0.2, -0.15) is 13.2 Å². The zero-order valence-corrected chi connectivity index (χ0v) is 10.5. The van der Waals surface area contributed by atoms with Gasteiger partial charge in [-0.1, -0.05) is 18.7 Å². The van der Waals surface area contributed by atoms with Gasteiger partial charge < -0.3 is 5.11 Å². The Hall–Kier alpha value is -2.04. The van der Waals surface area contributed by atoms with Crippen LogP contribution in [0.4, 0.5) is 13.2 Å². The van der Waals surface area contributed by atoms with Gasteiger partial charge in [0, 0.05) is 0 Å². The Labute approximate surface area is 108 Å². The summed E-state index contributed by atoms with van der Waals surface area (Å²) in [5, 5.41) is 9.42. The summed E-state index contributed by atoms with van der Waals surface area (Å²) in [6, 6.07) is 4.25. The van der Waals surface area contributed by atoms with Gasteiger partial charge in [-0.3, -0.25) is 4.79 Å². The van der Waals surface area contributed by atoms with Crippen molar-refractivity contribution >= 4 is 11.4 Å². The van der Waals surface area contributed by atoms with E-state index in [9.17, 15) is 23.1 Å². The zero-order valence-electron chi connectivity index (χ0n) is 10.5. The van der Waals surface area contributed by atoms with Gasteiger partial charge in [0.2, 0.25) is 0 Å². The summed E-state index contributed by atoms with van der Waals surface area (Å²) in [5.74, 6) is -0.609. The van der Waals surface area contributed by atoms with Gasteiger partial charge in [0.25, 0.3) is 0 Å². The average Bonchev–Trinajstić information content (AvgIpc) is 2.27. The first kappa shape index (κ1) is 15.0. The minimum atomic E-state index is -4.41. The van der Waals surface area contributed by atoms with Crippen molar-refractivity contribution in [3.05, 3.63) is 53.3 Å². The van der Waals surface area contributed by atoms with Crippen molar-refractivity contribution in [1.29, 1.82) is 0 Å². The third-order valence-corrected chi connectivity index (χ3v) is 2.58. The molecular formula is C14H13F3O2. The summed E-state index contributed by atoms with van der Waals surface area (Å²) >= 11 is 0. The van der Waals surface area contributed by atoms with Crippen molar-refractivity contribution in [1.82, 2.24) is 0 Å². The maximum atomic E-state index is 12.4. The molecule has 0 atom stereocenters. The highest BCUT2D eigenvalue weighted by molar-refractivity contribution is 6.08. The Kier molecular flexibility index (Phi) is 4.19. The second-order valence-corrected chi connectivity index (χ2v) is 4.07. The summed E-state index contributed by atoms with van der Waals surface area (Å²) in [7, 11) is 0. The van der Waals surface area contributed by atoms with Crippen LogP contribution in [-0.4, -0.2) is 10.9 Å². The number of carbonyl (C=O) groups excluding carboxylic acids is 1. The van der Waals surface area contributed by atoms with Crippen molar-refractivity contribution < 1.29 is 23.1 Å². The lowest BCUT2D eigenvalue weighted by atomic mass is 9.95. The maximum absolute atomic E-state index is 12.4. The molecule has 5 heteroatoms. The van der Waals surface area contributed by atoms with Crippen molar-refractivity contribution in [3.8, 4) is 0 Å². The van der Waals surface area contributed by atoms with Crippen LogP contribution in [0, 0.1) is 0 Å². The summed E-state index contributed by atoms with van der Waals surface area (Å²) in [6.45, 7) is 6.22. The van der Waals surface area contributed by atoms with E-state index in [0.717, 1.165) is 12.1 Å². The van der Waals surface area contributed by atoms with Crippen LogP contribution in [0.5, 0.6) is 0 Å². The number of benzene rings is 1. The van der Waals surface area contributed by atoms with Crippen LogP contribution in [0.3, 0.4) is 0 Å². The lowest BCUT2D eigenvalue weighted by Crippen LogP contribution is -2.06. The molecule has 1 N–H and O–H groups in total. The SMILES string of the molecule is C=C(/C(C(C)=O)=C(\C)O)c1ccc(C(F)(F)F)cc1. The number of ketones is 1. The maximum Gasteiger partial charge on any atom is 0.416 e. The number of carbonyl (C=O) groups is 1. The fraction of sp³-hybridized carbons (Fsp3) is 0.214. The molecule has 2 nitrogen and oxygen atoms in total. The number of aliphatic hydroxyl groups is 1. The largest absolute Gasteiger partial charge is 0.512 e. The highest BCUT2D eigenvalue weighted by Gasteiger charge is 2.30. The minimum Gasteiger partial charge on any atom is -0.512 e. The minimum absolute atomic E-state index is 0.0137. The molecule has 1 rings (SSSR count). The van der Waals surface area contributed by atoms with E-state index in [2.05, 4.69) is 6.58 Å². The number of Topliss-reactive ketones (excluding diaryl/α,β-unsaturated/α-hetero) is 1. The molecule has 0 aliphatic rings. The standard InChI is InChI=1S/C14H13F3O2/c1-8(13(9(2)18)10(3)19)11-4-6-12(7-5-11)14(15,16)17/h4-7,18H,1H2,2-3H3/b13-9-. The molecule has 102 valence electrons. The summed E-state index contributed by atoms with van der Waals surface area (Å²) in [4.78, 5) is 11.4. The molecule has 19 heavy (non-hydrogen) atoms. The molecule has 0 saturated carbocycles. The summed E-state index contributed by atoms with van der Waals surface area (Å²) < 4.78 is 37.2. The van der Waals surface area contributed by atoms with E-state index in [0.29, 0.717) is 5.56 Å². The number of halogens is 3. The number of alkyl halides is 3. The van der Waals surface area contributed by atoms with Crippen LogP contribution < -0.4 is 0 Å². The molecule has 0 spiro atoms. The predicted octanol–water partition coefficient (Wildman–Crippen LogP) is 4.14. The smallest absolute Gasteiger partial charge is 0.416 e. The molecule has 0 saturated heterocycles. The number of aliphatic hydroxyl groups excluding tert-OH is 1. The topological polar surface area (TPSA) is 37.3 Å². The quantitative estimate of drug-likeness (QED) is 0.509. The van der Waals surface area contributed by atoms with Gasteiger partial charge in [-0.25, -0.2) is 0 Å². The highest BCUT2D eigenvalue weighted by atomic mass is 19.4. The van der Waals surface area contributed by atoms with E-state index >= 15 is 0 Å². The van der Waals surface area contributed by atoms with Crippen LogP contribution in [0.1, 0.15) is 25.0 Å². The van der Waals surface area contributed by atoms with E-state index in [1.165, 1.54) is 26.0 Å². The van der Waals surface area contributed by atoms with Crippen molar-refractivity contribution in [2.24, 2.45) is 0 Å². The van der Waals surface area contributed by atoms with Crippen LogP contribution in [0.2, 0.25) is 0 Å². The van der Waals surface area contributed by atoms with E-state index in [1.807, 2.05) is 0 Å². The summed E-state index contributed by atoms with van der Waals surface area (Å²) in [5.41, 5.74) is -0.217. The molecule has 0 fully saturated rings. The summed E-state index contributed by atoms with van der Waals surface area (Å²) in [6.07, 6.45) is -4.41. The monoisotopic (exact) mass is 270 g/mol. The van der Waals surface area contributed by atoms with Crippen LogP contribution in [-0.2, 0) is 11.0 Å². The van der Waals surface area contributed by atoms with Crippen molar-refractivity contribution in [2.45, 2.75) is 20.0 Å². The first-order chi connectivity index (χ1) is 8.64. The van der Waals surface area contributed by atoms with Crippen LogP contribution >= 0.6 is 0 Å². The third kappa shape index (κ3) is 3.47. The first-order valence-electron chi connectivity index (χ1n) is 5.42. The average molecular weight is 270 g/mol. The number of allylic oxidation sites excluding steroid dienone is 3. The fourth-order valence-electron chi connectivity index (χ4n) is 1.69. The molecule has 1 aromatic carbocycles. The van der Waals surface area contributed by atoms with Crippen molar-refractivity contribution in [3.63, 3.8) is 0 Å². The van der Waals surface area contributed by atoms with Gasteiger partial charge >= 0.3 is 6.18 Å². The lowest BCUT2D eigenvalue weighted by molar-refractivity contribution is -0.137. The molecule has 0 aliphatic heterocycles. The molecule has 1 aromatic rings. The van der Waals surface area contributed by atoms with E-state index in [4.69, 9.17) is 0 Å². The van der Waals surface area contributed by atoms with E-state index in [1.54, 1.807) is 0 Å². The Bertz CT molecular complexity index is 533. The lowest BCUT2D eigenvalue weighted by Gasteiger charge is -2.11. The fourth-order valence-corrected chi connectivity index (χ4v) is 1.69. The second kappa shape index (κ2) is 5.30. The normalized spacial score (nSPS) is 12.9. The predicted molar refractivity (Wildman–Crippen MR) is 66.5 cm³/mol. The molecule has 0 aromatic heterocycles. The zero-order chi connectivity index (χ0) is 14.8. The second-order valence-electron chi connectivity index (χ2n) is 4.07. The van der Waals surface area contributed by atoms with E-state index < -0.39 is 17.5 Å². The number of hydrogen-bond donors (Lipinski definition) is 1. The Balaban J connectivity index is 3.16. The van der Waals surface area contributed by atoms with Gasteiger partial charge in [-0.15, -0.1) is 0 Å².